The van der Waals surface area contributed by atoms with Gasteiger partial charge in [-0.05, 0) is 38.0 Å². The maximum absolute atomic E-state index is 13.0. The molecule has 0 radical (unpaired) electrons. The molecule has 0 heterocycles. The highest BCUT2D eigenvalue weighted by Gasteiger charge is 2.27. The van der Waals surface area contributed by atoms with Crippen molar-refractivity contribution in [2.45, 2.75) is 44.7 Å². The Morgan fingerprint density at radius 2 is 1.78 bits per heavy atom. The number of carbonyl (C=O) groups excluding carboxylic acids is 2. The smallest absolute Gasteiger partial charge is 0.242 e. The average molecular weight is 385 g/mol. The van der Waals surface area contributed by atoms with E-state index < -0.39 is 6.04 Å². The van der Waals surface area contributed by atoms with Gasteiger partial charge >= 0.3 is 0 Å². The fraction of sp³-hybridized carbons (Fsp3) is 0.364. The zero-order valence-electron chi connectivity index (χ0n) is 16.5. The lowest BCUT2D eigenvalue weighted by molar-refractivity contribution is -0.139. The summed E-state index contributed by atoms with van der Waals surface area (Å²) < 4.78 is 0. The molecular formula is C22H28N2O2S. The zero-order chi connectivity index (χ0) is 19.8. The number of carbonyl (C=O) groups is 2. The number of hydrogen-bond acceptors (Lipinski definition) is 3. The van der Waals surface area contributed by atoms with Crippen LogP contribution in [-0.4, -0.2) is 35.6 Å². The lowest BCUT2D eigenvalue weighted by Crippen LogP contribution is -2.48. The van der Waals surface area contributed by atoms with Crippen molar-refractivity contribution in [3.05, 3.63) is 65.2 Å². The van der Waals surface area contributed by atoms with Crippen LogP contribution in [0.3, 0.4) is 0 Å². The Morgan fingerprint density at radius 1 is 1.07 bits per heavy atom. The van der Waals surface area contributed by atoms with Crippen LogP contribution in [0.15, 0.2) is 53.4 Å². The Balaban J connectivity index is 2.17. The number of nitrogens with zero attached hydrogens (tertiary/aromatic N) is 1. The zero-order valence-corrected chi connectivity index (χ0v) is 17.3. The molecule has 0 spiro atoms. The lowest BCUT2D eigenvalue weighted by atomic mass is 10.1. The van der Waals surface area contributed by atoms with Gasteiger partial charge < -0.3 is 10.2 Å². The van der Waals surface area contributed by atoms with Gasteiger partial charge in [0, 0.05) is 18.5 Å². The first-order valence-corrected chi connectivity index (χ1v) is 10.2. The van der Waals surface area contributed by atoms with Gasteiger partial charge in [0.2, 0.25) is 11.8 Å². The molecule has 0 saturated heterocycles. The van der Waals surface area contributed by atoms with Crippen molar-refractivity contribution in [1.29, 1.82) is 0 Å². The second-order valence-electron chi connectivity index (χ2n) is 6.65. The normalized spacial score (nSPS) is 11.7. The number of rotatable bonds is 8. The highest BCUT2D eigenvalue weighted by molar-refractivity contribution is 8.00. The van der Waals surface area contributed by atoms with Crippen LogP contribution >= 0.6 is 11.8 Å². The van der Waals surface area contributed by atoms with E-state index in [0.717, 1.165) is 16.0 Å². The SMILES string of the molecule is CC[C@H](C(=O)NC)N(Cc1cccc(C)c1)C(=O)CSc1ccc(C)cc1. The van der Waals surface area contributed by atoms with Crippen LogP contribution in [0, 0.1) is 13.8 Å². The number of benzene rings is 2. The second-order valence-corrected chi connectivity index (χ2v) is 7.70. The van der Waals surface area contributed by atoms with E-state index in [0.29, 0.717) is 18.7 Å². The molecule has 0 bridgehead atoms. The standard InChI is InChI=1S/C22H28N2O2S/c1-5-20(22(26)23-4)24(14-18-8-6-7-17(3)13-18)21(25)15-27-19-11-9-16(2)10-12-19/h6-13,20H,5,14-15H2,1-4H3,(H,23,26)/t20-/m1/s1. The first kappa shape index (κ1) is 21.0. The molecule has 2 aromatic rings. The third-order valence-electron chi connectivity index (χ3n) is 4.45. The van der Waals surface area contributed by atoms with Crippen LogP contribution < -0.4 is 5.32 Å². The molecule has 4 nitrogen and oxygen atoms in total. The molecule has 1 atom stereocenters. The molecule has 2 aromatic carbocycles. The Bertz CT molecular complexity index is 774. The summed E-state index contributed by atoms with van der Waals surface area (Å²) in [5.74, 6) is 0.152. The number of amides is 2. The van der Waals surface area contributed by atoms with E-state index in [4.69, 9.17) is 0 Å². The highest BCUT2D eigenvalue weighted by Crippen LogP contribution is 2.21. The van der Waals surface area contributed by atoms with Crippen molar-refractivity contribution in [1.82, 2.24) is 10.2 Å². The number of thioether (sulfide) groups is 1. The predicted octanol–water partition coefficient (Wildman–Crippen LogP) is 3.95. The fourth-order valence-electron chi connectivity index (χ4n) is 2.96. The van der Waals surface area contributed by atoms with Crippen molar-refractivity contribution >= 4 is 23.6 Å². The monoisotopic (exact) mass is 384 g/mol. The second kappa shape index (κ2) is 10.2. The average Bonchev–Trinajstić information content (AvgIpc) is 2.67. The van der Waals surface area contributed by atoms with Crippen LogP contribution in [0.2, 0.25) is 0 Å². The van der Waals surface area contributed by atoms with E-state index in [-0.39, 0.29) is 11.8 Å². The molecule has 0 aliphatic heterocycles. The van der Waals surface area contributed by atoms with Crippen molar-refractivity contribution in [3.63, 3.8) is 0 Å². The summed E-state index contributed by atoms with van der Waals surface area (Å²) >= 11 is 1.50. The van der Waals surface area contributed by atoms with Gasteiger partial charge in [-0.2, -0.15) is 0 Å². The van der Waals surface area contributed by atoms with Crippen LogP contribution in [0.1, 0.15) is 30.0 Å². The number of hydrogen-bond donors (Lipinski definition) is 1. The molecule has 144 valence electrons. The molecule has 0 aromatic heterocycles. The van der Waals surface area contributed by atoms with Gasteiger partial charge in [-0.25, -0.2) is 0 Å². The van der Waals surface area contributed by atoms with Crippen LogP contribution in [0.5, 0.6) is 0 Å². The number of nitrogens with one attached hydrogen (secondary N) is 1. The minimum Gasteiger partial charge on any atom is -0.357 e. The molecule has 0 aliphatic rings. The first-order valence-electron chi connectivity index (χ1n) is 9.20. The van der Waals surface area contributed by atoms with Crippen molar-refractivity contribution in [2.24, 2.45) is 0 Å². The minimum absolute atomic E-state index is 0.0301. The van der Waals surface area contributed by atoms with E-state index in [1.54, 1.807) is 11.9 Å². The molecule has 0 saturated carbocycles. The molecule has 2 amide bonds. The summed E-state index contributed by atoms with van der Waals surface area (Å²) in [5.41, 5.74) is 3.37. The molecule has 27 heavy (non-hydrogen) atoms. The Kier molecular flexibility index (Phi) is 7.92. The van der Waals surface area contributed by atoms with Gasteiger partial charge in [0.1, 0.15) is 6.04 Å². The Morgan fingerprint density at radius 3 is 2.37 bits per heavy atom. The van der Waals surface area contributed by atoms with Gasteiger partial charge in [0.25, 0.3) is 0 Å². The summed E-state index contributed by atoms with van der Waals surface area (Å²) in [6.07, 6.45) is 0.576. The third kappa shape index (κ3) is 6.14. The Labute approximate surface area is 166 Å². The van der Waals surface area contributed by atoms with Gasteiger partial charge in [-0.3, -0.25) is 9.59 Å². The van der Waals surface area contributed by atoms with Crippen LogP contribution in [-0.2, 0) is 16.1 Å². The Hall–Kier alpha value is -2.27. The van der Waals surface area contributed by atoms with Gasteiger partial charge in [0.05, 0.1) is 5.75 Å². The summed E-state index contributed by atoms with van der Waals surface area (Å²) in [4.78, 5) is 28.1. The largest absolute Gasteiger partial charge is 0.357 e. The number of likely N-dealkylation sites (N-methyl/N-ethyl adjacent to an activating group) is 1. The quantitative estimate of drug-likeness (QED) is 0.701. The van der Waals surface area contributed by atoms with Crippen molar-refractivity contribution < 1.29 is 9.59 Å². The first-order chi connectivity index (χ1) is 12.9. The molecule has 1 N–H and O–H groups in total. The molecule has 2 rings (SSSR count). The summed E-state index contributed by atoms with van der Waals surface area (Å²) in [6, 6.07) is 15.7. The highest BCUT2D eigenvalue weighted by atomic mass is 32.2. The van der Waals surface area contributed by atoms with Crippen LogP contribution in [0.25, 0.3) is 0 Å². The maximum atomic E-state index is 13.0. The van der Waals surface area contributed by atoms with Gasteiger partial charge in [-0.15, -0.1) is 11.8 Å². The van der Waals surface area contributed by atoms with E-state index in [1.165, 1.54) is 17.3 Å². The molecule has 0 fully saturated rings. The minimum atomic E-state index is -0.471. The molecule has 5 heteroatoms. The van der Waals surface area contributed by atoms with E-state index in [2.05, 4.69) is 11.4 Å². The van der Waals surface area contributed by atoms with Crippen molar-refractivity contribution in [2.75, 3.05) is 12.8 Å². The van der Waals surface area contributed by atoms with Crippen LogP contribution in [0.4, 0.5) is 0 Å². The van der Waals surface area contributed by atoms with E-state index >= 15 is 0 Å². The summed E-state index contributed by atoms with van der Waals surface area (Å²) in [5, 5.41) is 2.69. The summed E-state index contributed by atoms with van der Waals surface area (Å²) in [6.45, 7) is 6.43. The molecular weight excluding hydrogens is 356 g/mol. The maximum Gasteiger partial charge on any atom is 0.242 e. The summed E-state index contributed by atoms with van der Waals surface area (Å²) in [7, 11) is 1.61. The van der Waals surface area contributed by atoms with Crippen molar-refractivity contribution in [3.8, 4) is 0 Å². The third-order valence-corrected chi connectivity index (χ3v) is 5.45. The predicted molar refractivity (Wildman–Crippen MR) is 112 cm³/mol. The fourth-order valence-corrected chi connectivity index (χ4v) is 3.74. The number of aryl methyl sites for hydroxylation is 2. The lowest BCUT2D eigenvalue weighted by Gasteiger charge is -2.30. The van der Waals surface area contributed by atoms with E-state index in [9.17, 15) is 9.59 Å². The van der Waals surface area contributed by atoms with Gasteiger partial charge in [0.15, 0.2) is 0 Å². The topological polar surface area (TPSA) is 49.4 Å². The van der Waals surface area contributed by atoms with E-state index in [1.807, 2.05) is 63.2 Å². The molecule has 0 unspecified atom stereocenters. The van der Waals surface area contributed by atoms with Gasteiger partial charge in [-0.1, -0.05) is 54.4 Å². The molecule has 0 aliphatic carbocycles.